The van der Waals surface area contributed by atoms with Crippen molar-refractivity contribution in [1.29, 1.82) is 0 Å². The minimum absolute atomic E-state index is 0.0415. The number of halogens is 1. The highest BCUT2D eigenvalue weighted by molar-refractivity contribution is 6.33. The van der Waals surface area contributed by atoms with Crippen molar-refractivity contribution in [3.8, 4) is 0 Å². The Bertz CT molecular complexity index is 437. The van der Waals surface area contributed by atoms with E-state index in [-0.39, 0.29) is 18.4 Å². The van der Waals surface area contributed by atoms with Gasteiger partial charge in [-0.05, 0) is 19.1 Å². The van der Waals surface area contributed by atoms with Gasteiger partial charge in [0, 0.05) is 7.05 Å². The van der Waals surface area contributed by atoms with Gasteiger partial charge < -0.3 is 10.6 Å². The van der Waals surface area contributed by atoms with Gasteiger partial charge in [0.2, 0.25) is 11.8 Å². The molecule has 1 aromatic rings. The van der Waals surface area contributed by atoms with Crippen LogP contribution in [0.2, 0.25) is 5.02 Å². The third-order valence-corrected chi connectivity index (χ3v) is 2.69. The number of likely N-dealkylation sites (N-methyl/N-ethyl adjacent to an activating group) is 1. The van der Waals surface area contributed by atoms with Crippen LogP contribution in [0.1, 0.15) is 6.92 Å². The Hall–Kier alpha value is -1.59. The van der Waals surface area contributed by atoms with Gasteiger partial charge in [0.25, 0.3) is 0 Å². The van der Waals surface area contributed by atoms with Crippen molar-refractivity contribution in [2.24, 2.45) is 0 Å². The molecule has 0 aromatic heterocycles. The number of para-hydroxylation sites is 1. The van der Waals surface area contributed by atoms with Crippen LogP contribution in [0, 0.1) is 0 Å². The summed E-state index contributed by atoms with van der Waals surface area (Å²) < 4.78 is 0. The molecule has 18 heavy (non-hydrogen) atoms. The molecule has 0 bridgehead atoms. The number of hydrogen-bond acceptors (Lipinski definition) is 3. The Morgan fingerprint density at radius 1 is 1.33 bits per heavy atom. The smallest absolute Gasteiger partial charge is 0.238 e. The number of anilines is 1. The molecule has 5 nitrogen and oxygen atoms in total. The van der Waals surface area contributed by atoms with E-state index < -0.39 is 6.04 Å². The topological polar surface area (TPSA) is 70.2 Å². The fraction of sp³-hybridized carbons (Fsp3) is 0.333. The molecule has 1 aromatic carbocycles. The molecule has 98 valence electrons. The molecule has 1 unspecified atom stereocenters. The Kier molecular flexibility index (Phi) is 5.61. The highest BCUT2D eigenvalue weighted by Gasteiger charge is 2.12. The number of rotatable bonds is 5. The molecular formula is C12H16ClN3O2. The van der Waals surface area contributed by atoms with Gasteiger partial charge in [-0.3, -0.25) is 14.9 Å². The van der Waals surface area contributed by atoms with Crippen molar-refractivity contribution in [3.05, 3.63) is 29.3 Å². The van der Waals surface area contributed by atoms with E-state index in [0.717, 1.165) is 0 Å². The predicted molar refractivity (Wildman–Crippen MR) is 71.6 cm³/mol. The number of carbonyl (C=O) groups excluding carboxylic acids is 2. The van der Waals surface area contributed by atoms with E-state index in [0.29, 0.717) is 10.7 Å². The van der Waals surface area contributed by atoms with Crippen molar-refractivity contribution in [3.63, 3.8) is 0 Å². The molecule has 0 saturated carbocycles. The van der Waals surface area contributed by atoms with Crippen LogP contribution in [0.3, 0.4) is 0 Å². The lowest BCUT2D eigenvalue weighted by Gasteiger charge is -2.12. The molecule has 0 aliphatic carbocycles. The number of nitrogens with one attached hydrogen (secondary N) is 3. The van der Waals surface area contributed by atoms with Gasteiger partial charge in [-0.25, -0.2) is 0 Å². The van der Waals surface area contributed by atoms with Crippen LogP contribution >= 0.6 is 11.6 Å². The van der Waals surface area contributed by atoms with Crippen molar-refractivity contribution >= 4 is 29.1 Å². The predicted octanol–water partition coefficient (Wildman–Crippen LogP) is 1.00. The highest BCUT2D eigenvalue weighted by Crippen LogP contribution is 2.19. The molecule has 0 aliphatic heterocycles. The molecule has 1 atom stereocenters. The van der Waals surface area contributed by atoms with Crippen LogP contribution in [-0.2, 0) is 9.59 Å². The minimum atomic E-state index is -0.424. The van der Waals surface area contributed by atoms with Crippen molar-refractivity contribution in [2.45, 2.75) is 13.0 Å². The zero-order valence-electron chi connectivity index (χ0n) is 10.3. The molecule has 1 rings (SSSR count). The van der Waals surface area contributed by atoms with Crippen LogP contribution < -0.4 is 16.0 Å². The largest absolute Gasteiger partial charge is 0.358 e. The minimum Gasteiger partial charge on any atom is -0.358 e. The lowest BCUT2D eigenvalue weighted by Crippen LogP contribution is -2.43. The first-order valence-electron chi connectivity index (χ1n) is 5.54. The van der Waals surface area contributed by atoms with E-state index in [1.54, 1.807) is 38.2 Å². The highest BCUT2D eigenvalue weighted by atomic mass is 35.5. The third-order valence-electron chi connectivity index (χ3n) is 2.36. The third kappa shape index (κ3) is 4.35. The Labute approximate surface area is 111 Å². The van der Waals surface area contributed by atoms with E-state index in [9.17, 15) is 9.59 Å². The van der Waals surface area contributed by atoms with Crippen LogP contribution in [0.5, 0.6) is 0 Å². The quantitative estimate of drug-likeness (QED) is 0.747. The van der Waals surface area contributed by atoms with Gasteiger partial charge in [-0.15, -0.1) is 0 Å². The average molecular weight is 270 g/mol. The van der Waals surface area contributed by atoms with Crippen LogP contribution in [0.4, 0.5) is 5.69 Å². The van der Waals surface area contributed by atoms with Gasteiger partial charge in [-0.2, -0.15) is 0 Å². The lowest BCUT2D eigenvalue weighted by molar-refractivity contribution is -0.122. The van der Waals surface area contributed by atoms with E-state index in [1.807, 2.05) is 0 Å². The van der Waals surface area contributed by atoms with Crippen molar-refractivity contribution < 1.29 is 9.59 Å². The summed E-state index contributed by atoms with van der Waals surface area (Å²) in [4.78, 5) is 22.8. The molecular weight excluding hydrogens is 254 g/mol. The fourth-order valence-electron chi connectivity index (χ4n) is 1.31. The first-order valence-corrected chi connectivity index (χ1v) is 5.91. The molecule has 6 heteroatoms. The van der Waals surface area contributed by atoms with Gasteiger partial charge in [-0.1, -0.05) is 23.7 Å². The fourth-order valence-corrected chi connectivity index (χ4v) is 1.49. The summed E-state index contributed by atoms with van der Waals surface area (Å²) >= 11 is 5.90. The van der Waals surface area contributed by atoms with E-state index >= 15 is 0 Å². The maximum absolute atomic E-state index is 11.6. The molecule has 0 heterocycles. The zero-order chi connectivity index (χ0) is 13.5. The summed E-state index contributed by atoms with van der Waals surface area (Å²) in [6.07, 6.45) is 0. The van der Waals surface area contributed by atoms with Crippen molar-refractivity contribution in [2.75, 3.05) is 18.9 Å². The Morgan fingerprint density at radius 2 is 2.00 bits per heavy atom. The van der Waals surface area contributed by atoms with Crippen LogP contribution in [-0.4, -0.2) is 31.4 Å². The summed E-state index contributed by atoms with van der Waals surface area (Å²) in [6, 6.07) is 6.54. The average Bonchev–Trinajstić information content (AvgIpc) is 2.37. The number of carbonyl (C=O) groups is 2. The second-order valence-corrected chi connectivity index (χ2v) is 4.15. The SMILES string of the molecule is CNC(=O)C(C)NCC(=O)Nc1ccccc1Cl. The normalized spacial score (nSPS) is 11.7. The van der Waals surface area contributed by atoms with E-state index in [2.05, 4.69) is 16.0 Å². The maximum atomic E-state index is 11.6. The molecule has 0 spiro atoms. The summed E-state index contributed by atoms with van der Waals surface area (Å²) in [7, 11) is 1.55. The van der Waals surface area contributed by atoms with Gasteiger partial charge in [0.1, 0.15) is 0 Å². The number of benzene rings is 1. The Morgan fingerprint density at radius 3 is 2.61 bits per heavy atom. The maximum Gasteiger partial charge on any atom is 0.238 e. The second-order valence-electron chi connectivity index (χ2n) is 3.74. The molecule has 0 saturated heterocycles. The first-order chi connectivity index (χ1) is 8.54. The first kappa shape index (κ1) is 14.5. The monoisotopic (exact) mass is 269 g/mol. The van der Waals surface area contributed by atoms with E-state index in [1.165, 1.54) is 0 Å². The summed E-state index contributed by atoms with van der Waals surface area (Å²) in [5, 5.41) is 8.43. The van der Waals surface area contributed by atoms with Crippen LogP contribution in [0.15, 0.2) is 24.3 Å². The number of amides is 2. The summed E-state index contributed by atoms with van der Waals surface area (Å²) in [5.41, 5.74) is 0.554. The lowest BCUT2D eigenvalue weighted by atomic mass is 10.3. The molecule has 0 aliphatic rings. The standard InChI is InChI=1S/C12H16ClN3O2/c1-8(12(18)14-2)15-7-11(17)16-10-6-4-3-5-9(10)13/h3-6,8,15H,7H2,1-2H3,(H,14,18)(H,16,17). The van der Waals surface area contributed by atoms with Gasteiger partial charge >= 0.3 is 0 Å². The molecule has 0 fully saturated rings. The van der Waals surface area contributed by atoms with E-state index in [4.69, 9.17) is 11.6 Å². The van der Waals surface area contributed by atoms with Crippen LogP contribution in [0.25, 0.3) is 0 Å². The van der Waals surface area contributed by atoms with Gasteiger partial charge in [0.05, 0.1) is 23.3 Å². The second kappa shape index (κ2) is 6.98. The van der Waals surface area contributed by atoms with Gasteiger partial charge in [0.15, 0.2) is 0 Å². The zero-order valence-corrected chi connectivity index (χ0v) is 11.0. The van der Waals surface area contributed by atoms with Crippen molar-refractivity contribution in [1.82, 2.24) is 10.6 Å². The number of hydrogen-bond donors (Lipinski definition) is 3. The molecule has 3 N–H and O–H groups in total. The summed E-state index contributed by atoms with van der Waals surface area (Å²) in [6.45, 7) is 1.72. The molecule has 0 radical (unpaired) electrons. The summed E-state index contributed by atoms with van der Waals surface area (Å²) in [5.74, 6) is -0.417. The molecule has 2 amide bonds. The Balaban J connectivity index is 2.43.